The van der Waals surface area contributed by atoms with E-state index in [-0.39, 0.29) is 29.8 Å². The number of hydrogen-bond donors (Lipinski definition) is 3. The molecule has 39 heavy (non-hydrogen) atoms. The Morgan fingerprint density at radius 3 is 2.69 bits per heavy atom. The number of thiazole rings is 1. The lowest BCUT2D eigenvalue weighted by molar-refractivity contribution is 0.0947. The minimum absolute atomic E-state index is 0.00965. The zero-order valence-electron chi connectivity index (χ0n) is 20.3. The Labute approximate surface area is 227 Å². The maximum absolute atomic E-state index is 13.5. The molecule has 0 bridgehead atoms. The second-order valence-electron chi connectivity index (χ2n) is 8.86. The van der Waals surface area contributed by atoms with E-state index in [1.54, 1.807) is 23.8 Å². The number of amides is 1. The zero-order chi connectivity index (χ0) is 27.0. The van der Waals surface area contributed by atoms with Gasteiger partial charge in [0, 0.05) is 29.4 Å². The number of nitrogens with one attached hydrogen (secondary N) is 3. The molecule has 0 saturated carbocycles. The van der Waals surface area contributed by atoms with Crippen LogP contribution in [0.25, 0.3) is 11.3 Å². The van der Waals surface area contributed by atoms with Gasteiger partial charge in [-0.2, -0.15) is 4.31 Å². The quantitative estimate of drug-likeness (QED) is 0.276. The molecular weight excluding hydrogens is 538 g/mol. The molecule has 1 aliphatic heterocycles. The molecular formula is C26H21N7O4S2. The summed E-state index contributed by atoms with van der Waals surface area (Å²) in [6.45, 7) is -0.301. The van der Waals surface area contributed by atoms with Gasteiger partial charge in [0.1, 0.15) is 10.7 Å². The molecule has 5 heterocycles. The number of aromatic nitrogens is 5. The van der Waals surface area contributed by atoms with Gasteiger partial charge in [-0.25, -0.2) is 18.4 Å². The van der Waals surface area contributed by atoms with E-state index in [1.807, 2.05) is 30.3 Å². The molecule has 11 nitrogen and oxygen atoms in total. The topological polar surface area (TPSA) is 154 Å². The van der Waals surface area contributed by atoms with Gasteiger partial charge in [-0.1, -0.05) is 30.3 Å². The SMILES string of the molecule is O=C(Nc1cc(-c2[nH]c3c(c2Cc2ccccc2)C(=O)CN(S(=O)(=O)c2cnc[nH]2)C3)ccn1)c1cncs1. The van der Waals surface area contributed by atoms with Gasteiger partial charge in [0.15, 0.2) is 10.8 Å². The molecule has 1 aromatic carbocycles. The summed E-state index contributed by atoms with van der Waals surface area (Å²) in [6, 6.07) is 13.2. The number of H-pyrrole nitrogens is 2. The fraction of sp³-hybridized carbons (Fsp3) is 0.115. The van der Waals surface area contributed by atoms with Gasteiger partial charge in [0.25, 0.3) is 15.9 Å². The van der Waals surface area contributed by atoms with Gasteiger partial charge >= 0.3 is 0 Å². The Hall–Kier alpha value is -4.46. The number of nitrogens with zero attached hydrogens (tertiary/aromatic N) is 4. The molecule has 3 N–H and O–H groups in total. The first-order valence-electron chi connectivity index (χ1n) is 11.9. The lowest BCUT2D eigenvalue weighted by Crippen LogP contribution is -2.39. The number of aromatic amines is 2. The largest absolute Gasteiger partial charge is 0.356 e. The third-order valence-electron chi connectivity index (χ3n) is 6.38. The third kappa shape index (κ3) is 4.78. The molecule has 0 saturated heterocycles. The molecule has 1 aliphatic rings. The number of ketones is 1. The Kier molecular flexibility index (Phi) is 6.38. The third-order valence-corrected chi connectivity index (χ3v) is 8.86. The Morgan fingerprint density at radius 2 is 1.95 bits per heavy atom. The highest BCUT2D eigenvalue weighted by molar-refractivity contribution is 7.89. The highest BCUT2D eigenvalue weighted by atomic mass is 32.2. The number of Topliss-reactive ketones (excluding diaryl/α,β-unsaturated/α-hetero) is 1. The van der Waals surface area contributed by atoms with Crippen molar-refractivity contribution in [2.24, 2.45) is 0 Å². The summed E-state index contributed by atoms with van der Waals surface area (Å²) in [5, 5.41) is 2.70. The van der Waals surface area contributed by atoms with Crippen molar-refractivity contribution in [1.82, 2.24) is 29.2 Å². The van der Waals surface area contributed by atoms with E-state index in [9.17, 15) is 18.0 Å². The average Bonchev–Trinajstić information content (AvgIpc) is 3.71. The van der Waals surface area contributed by atoms with Crippen LogP contribution in [0.15, 0.2) is 77.9 Å². The second-order valence-corrected chi connectivity index (χ2v) is 11.6. The van der Waals surface area contributed by atoms with E-state index in [0.717, 1.165) is 15.4 Å². The van der Waals surface area contributed by atoms with Crippen molar-refractivity contribution in [2.45, 2.75) is 18.0 Å². The van der Waals surface area contributed by atoms with E-state index in [4.69, 9.17) is 0 Å². The minimum atomic E-state index is -3.95. The van der Waals surface area contributed by atoms with E-state index < -0.39 is 10.0 Å². The van der Waals surface area contributed by atoms with E-state index in [2.05, 4.69) is 30.2 Å². The van der Waals surface area contributed by atoms with Crippen LogP contribution in [0.5, 0.6) is 0 Å². The zero-order valence-corrected chi connectivity index (χ0v) is 21.9. The summed E-state index contributed by atoms with van der Waals surface area (Å²) in [7, 11) is -3.95. The number of pyridine rings is 1. The lowest BCUT2D eigenvalue weighted by Gasteiger charge is -2.25. The van der Waals surface area contributed by atoms with Gasteiger partial charge in [0.2, 0.25) is 0 Å². The van der Waals surface area contributed by atoms with Gasteiger partial charge < -0.3 is 15.3 Å². The number of carbonyl (C=O) groups is 2. The van der Waals surface area contributed by atoms with Crippen LogP contribution in [-0.4, -0.2) is 55.9 Å². The van der Waals surface area contributed by atoms with Crippen LogP contribution in [0.3, 0.4) is 0 Å². The second kappa shape index (κ2) is 10.0. The molecule has 0 atom stereocenters. The first kappa shape index (κ1) is 24.9. The van der Waals surface area contributed by atoms with Gasteiger partial charge in [-0.15, -0.1) is 11.3 Å². The first-order chi connectivity index (χ1) is 18.9. The summed E-state index contributed by atoms with van der Waals surface area (Å²) >= 11 is 1.22. The molecule has 0 spiro atoms. The highest BCUT2D eigenvalue weighted by Crippen LogP contribution is 2.35. The molecule has 0 radical (unpaired) electrons. The normalized spacial score (nSPS) is 13.8. The number of hydrogen-bond acceptors (Lipinski definition) is 8. The van der Waals surface area contributed by atoms with Crippen LogP contribution < -0.4 is 5.32 Å². The van der Waals surface area contributed by atoms with Crippen molar-refractivity contribution in [3.8, 4) is 11.3 Å². The fourth-order valence-corrected chi connectivity index (χ4v) is 6.37. The van der Waals surface area contributed by atoms with Crippen molar-refractivity contribution in [2.75, 3.05) is 11.9 Å². The number of rotatable bonds is 7. The number of carbonyl (C=O) groups excluding carboxylic acids is 2. The smallest absolute Gasteiger partial charge is 0.268 e. The maximum atomic E-state index is 13.5. The summed E-state index contributed by atoms with van der Waals surface area (Å²) < 4.78 is 27.4. The molecule has 0 unspecified atom stereocenters. The highest BCUT2D eigenvalue weighted by Gasteiger charge is 2.36. The monoisotopic (exact) mass is 559 g/mol. The summed E-state index contributed by atoms with van der Waals surface area (Å²) in [4.78, 5) is 44.4. The molecule has 0 aliphatic carbocycles. The summed E-state index contributed by atoms with van der Waals surface area (Å²) in [6.07, 6.45) is 6.00. The predicted molar refractivity (Wildman–Crippen MR) is 144 cm³/mol. The van der Waals surface area contributed by atoms with E-state index in [1.165, 1.54) is 30.1 Å². The Morgan fingerprint density at radius 1 is 1.10 bits per heavy atom. The summed E-state index contributed by atoms with van der Waals surface area (Å²) in [5.74, 6) is -0.299. The molecule has 4 aromatic heterocycles. The minimum Gasteiger partial charge on any atom is -0.356 e. The summed E-state index contributed by atoms with van der Waals surface area (Å²) in [5.41, 5.74) is 5.67. The van der Waals surface area contributed by atoms with Crippen molar-refractivity contribution in [3.05, 3.63) is 100 Å². The van der Waals surface area contributed by atoms with Crippen LogP contribution in [0, 0.1) is 0 Å². The average molecular weight is 560 g/mol. The number of fused-ring (bicyclic) bond motifs is 1. The van der Waals surface area contributed by atoms with Crippen molar-refractivity contribution < 1.29 is 18.0 Å². The molecule has 13 heteroatoms. The molecule has 5 aromatic rings. The molecule has 0 fully saturated rings. The fourth-order valence-electron chi connectivity index (χ4n) is 4.60. The van der Waals surface area contributed by atoms with Crippen molar-refractivity contribution >= 4 is 38.9 Å². The van der Waals surface area contributed by atoms with Gasteiger partial charge in [-0.05, 0) is 23.3 Å². The molecule has 1 amide bonds. The Bertz CT molecular complexity index is 1760. The number of benzene rings is 1. The van der Waals surface area contributed by atoms with Gasteiger partial charge in [0.05, 0.1) is 43.0 Å². The molecule has 6 rings (SSSR count). The predicted octanol–water partition coefficient (Wildman–Crippen LogP) is 3.49. The van der Waals surface area contributed by atoms with E-state index in [0.29, 0.717) is 39.6 Å². The van der Waals surface area contributed by atoms with Crippen LogP contribution in [0.1, 0.15) is 36.9 Å². The van der Waals surface area contributed by atoms with Gasteiger partial charge in [-0.3, -0.25) is 14.6 Å². The lowest BCUT2D eigenvalue weighted by atomic mass is 9.94. The standard InChI is InChI=1S/C26H21N7O4S2/c34-20-13-33(39(36,37)23-11-27-14-30-23)12-19-24(20)18(8-16-4-2-1-3-5-16)25(31-19)17-6-7-29-22(9-17)32-26(35)21-10-28-15-38-21/h1-7,9-11,14-15,31H,8,12-13H2,(H,27,30)(H,29,32,35). The first-order valence-corrected chi connectivity index (χ1v) is 14.2. The van der Waals surface area contributed by atoms with Crippen LogP contribution in [0.4, 0.5) is 5.82 Å². The van der Waals surface area contributed by atoms with Crippen LogP contribution in [0.2, 0.25) is 0 Å². The number of imidazole rings is 1. The Balaban J connectivity index is 1.40. The molecule has 196 valence electrons. The van der Waals surface area contributed by atoms with Crippen LogP contribution in [-0.2, 0) is 23.0 Å². The van der Waals surface area contributed by atoms with Crippen molar-refractivity contribution in [3.63, 3.8) is 0 Å². The number of sulfonamides is 1. The number of anilines is 1. The maximum Gasteiger partial charge on any atom is 0.268 e. The van der Waals surface area contributed by atoms with Crippen molar-refractivity contribution in [1.29, 1.82) is 0 Å². The van der Waals surface area contributed by atoms with Crippen LogP contribution >= 0.6 is 11.3 Å². The van der Waals surface area contributed by atoms with E-state index >= 15 is 0 Å².